The number of aromatic nitrogens is 2. The van der Waals surface area contributed by atoms with Crippen LogP contribution >= 0.6 is 11.6 Å². The van der Waals surface area contributed by atoms with E-state index >= 15 is 0 Å². The van der Waals surface area contributed by atoms with Crippen molar-refractivity contribution in [2.75, 3.05) is 0 Å². The molecule has 0 aliphatic carbocycles. The maximum atomic E-state index is 13.7. The van der Waals surface area contributed by atoms with Gasteiger partial charge in [-0.3, -0.25) is 14.4 Å². The summed E-state index contributed by atoms with van der Waals surface area (Å²) in [6.45, 7) is 3.06. The van der Waals surface area contributed by atoms with Crippen LogP contribution in [0.15, 0.2) is 117 Å². The highest BCUT2D eigenvalue weighted by Crippen LogP contribution is 2.41. The molecule has 1 N–H and O–H groups in total. The largest absolute Gasteiger partial charge is 0.464 e. The molecule has 7 nitrogen and oxygen atoms in total. The minimum Gasteiger partial charge on any atom is -0.464 e. The Morgan fingerprint density at radius 2 is 1.61 bits per heavy atom. The molecular weight excluding hydrogens is 540 g/mol. The SMILES string of the molecule is CC(=O)C1=C(C)OC(c2c(-c3ccccc3)c(-c3ccccc3)n[nH]c2=O)=CC1c1coc2ccc(Cl)cc2c1=O. The van der Waals surface area contributed by atoms with Crippen LogP contribution in [-0.2, 0) is 9.53 Å². The Labute approximate surface area is 239 Å². The number of allylic oxidation sites excluding steroid dienone is 3. The number of rotatable bonds is 5. The lowest BCUT2D eigenvalue weighted by Crippen LogP contribution is -2.24. The second-order valence-electron chi connectivity index (χ2n) is 9.68. The van der Waals surface area contributed by atoms with Crippen molar-refractivity contribution in [3.05, 3.63) is 139 Å². The summed E-state index contributed by atoms with van der Waals surface area (Å²) in [4.78, 5) is 40.1. The van der Waals surface area contributed by atoms with Crippen molar-refractivity contribution in [2.45, 2.75) is 19.8 Å². The number of hydrogen-bond donors (Lipinski definition) is 1. The lowest BCUT2D eigenvalue weighted by molar-refractivity contribution is -0.114. The number of benzene rings is 3. The van der Waals surface area contributed by atoms with Crippen molar-refractivity contribution < 1.29 is 13.9 Å². The molecule has 8 heteroatoms. The molecular formula is C33H23ClN2O5. The Kier molecular flexibility index (Phi) is 6.73. The first-order valence-electron chi connectivity index (χ1n) is 12.9. The zero-order valence-corrected chi connectivity index (χ0v) is 22.9. The molecule has 1 atom stereocenters. The van der Waals surface area contributed by atoms with E-state index < -0.39 is 11.5 Å². The highest BCUT2D eigenvalue weighted by atomic mass is 35.5. The molecule has 41 heavy (non-hydrogen) atoms. The molecule has 2 aromatic heterocycles. The molecule has 3 aromatic carbocycles. The number of nitrogens with zero attached hydrogens (tertiary/aromatic N) is 1. The van der Waals surface area contributed by atoms with Crippen molar-refractivity contribution in [1.82, 2.24) is 10.2 Å². The Balaban J connectivity index is 1.63. The number of H-pyrrole nitrogens is 1. The van der Waals surface area contributed by atoms with Crippen molar-refractivity contribution >= 4 is 34.1 Å². The summed E-state index contributed by atoms with van der Waals surface area (Å²) in [6, 6.07) is 23.7. The van der Waals surface area contributed by atoms with Crippen LogP contribution < -0.4 is 11.0 Å². The van der Waals surface area contributed by atoms with Crippen LogP contribution in [0.25, 0.3) is 39.1 Å². The van der Waals surface area contributed by atoms with Crippen LogP contribution in [0.1, 0.15) is 30.9 Å². The van der Waals surface area contributed by atoms with E-state index in [0.717, 1.165) is 11.1 Å². The van der Waals surface area contributed by atoms with Gasteiger partial charge >= 0.3 is 0 Å². The second-order valence-corrected chi connectivity index (χ2v) is 10.1. The van der Waals surface area contributed by atoms with E-state index in [1.54, 1.807) is 25.1 Å². The van der Waals surface area contributed by atoms with Gasteiger partial charge in [-0.25, -0.2) is 5.10 Å². The molecule has 202 valence electrons. The maximum absolute atomic E-state index is 13.7. The molecule has 6 rings (SSSR count). The van der Waals surface area contributed by atoms with Gasteiger partial charge in [0.25, 0.3) is 5.56 Å². The molecule has 0 fully saturated rings. The molecule has 1 aliphatic rings. The van der Waals surface area contributed by atoms with Crippen molar-refractivity contribution in [3.8, 4) is 22.4 Å². The third-order valence-electron chi connectivity index (χ3n) is 7.09. The highest BCUT2D eigenvalue weighted by molar-refractivity contribution is 6.31. The number of Topliss-reactive ketones (excluding diaryl/α,β-unsaturated/α-hetero) is 1. The molecule has 3 heterocycles. The third-order valence-corrected chi connectivity index (χ3v) is 7.32. The van der Waals surface area contributed by atoms with Crippen LogP contribution in [0.4, 0.5) is 0 Å². The predicted octanol–water partition coefficient (Wildman–Crippen LogP) is 6.88. The quantitative estimate of drug-likeness (QED) is 0.250. The number of carbonyl (C=O) groups is 1. The van der Waals surface area contributed by atoms with Gasteiger partial charge in [0.1, 0.15) is 17.1 Å². The number of ether oxygens (including phenoxy) is 1. The Bertz CT molecular complexity index is 2010. The molecule has 1 aliphatic heterocycles. The van der Waals surface area contributed by atoms with Crippen molar-refractivity contribution in [2.24, 2.45) is 0 Å². The Morgan fingerprint density at radius 3 is 2.29 bits per heavy atom. The van der Waals surface area contributed by atoms with E-state index in [2.05, 4.69) is 10.2 Å². The topological polar surface area (TPSA) is 102 Å². The lowest BCUT2D eigenvalue weighted by atomic mass is 9.85. The van der Waals surface area contributed by atoms with E-state index in [0.29, 0.717) is 21.9 Å². The predicted molar refractivity (Wildman–Crippen MR) is 158 cm³/mol. The molecule has 0 spiro atoms. The maximum Gasteiger partial charge on any atom is 0.275 e. The summed E-state index contributed by atoms with van der Waals surface area (Å²) < 4.78 is 12.0. The van der Waals surface area contributed by atoms with E-state index in [-0.39, 0.29) is 44.8 Å². The fourth-order valence-corrected chi connectivity index (χ4v) is 5.44. The standard InChI is InChI=1S/C33H23ClN2O5/c1-18(37)28-19(2)41-27(16-23(28)25-17-40-26-14-13-22(34)15-24(26)32(25)38)30-29(20-9-5-3-6-10-20)31(35-36-33(30)39)21-11-7-4-8-12-21/h3-17,23H,1-2H3,(H,36,39). The molecule has 0 saturated carbocycles. The van der Waals surface area contributed by atoms with Crippen molar-refractivity contribution in [1.29, 1.82) is 0 Å². The number of aromatic amines is 1. The zero-order valence-electron chi connectivity index (χ0n) is 22.1. The van der Waals surface area contributed by atoms with E-state index in [1.807, 2.05) is 60.7 Å². The fraction of sp³-hybridized carbons (Fsp3) is 0.0909. The number of fused-ring (bicyclic) bond motifs is 1. The van der Waals surface area contributed by atoms with Gasteiger partial charge in [-0.1, -0.05) is 72.3 Å². The minimum absolute atomic E-state index is 0.197. The van der Waals surface area contributed by atoms with Crippen LogP contribution in [0, 0.1) is 0 Å². The summed E-state index contributed by atoms with van der Waals surface area (Å²) in [6.07, 6.45) is 2.97. The summed E-state index contributed by atoms with van der Waals surface area (Å²) in [5.74, 6) is -0.637. The van der Waals surface area contributed by atoms with E-state index in [1.165, 1.54) is 19.3 Å². The molecule has 0 saturated heterocycles. The molecule has 0 amide bonds. The highest BCUT2D eigenvalue weighted by Gasteiger charge is 2.33. The molecule has 1 unspecified atom stereocenters. The fourth-order valence-electron chi connectivity index (χ4n) is 5.26. The normalized spacial score (nSPS) is 15.0. The molecule has 0 radical (unpaired) electrons. The van der Waals surface area contributed by atoms with Gasteiger partial charge in [0.2, 0.25) is 0 Å². The summed E-state index contributed by atoms with van der Waals surface area (Å²) in [7, 11) is 0. The van der Waals surface area contributed by atoms with Gasteiger partial charge in [0.05, 0.1) is 22.9 Å². The number of nitrogens with one attached hydrogen (secondary N) is 1. The van der Waals surface area contributed by atoms with Crippen LogP contribution in [0.3, 0.4) is 0 Å². The van der Waals surface area contributed by atoms with Gasteiger partial charge in [-0.05, 0) is 43.7 Å². The van der Waals surface area contributed by atoms with Gasteiger partial charge < -0.3 is 9.15 Å². The second kappa shape index (κ2) is 10.5. The number of halogens is 1. The smallest absolute Gasteiger partial charge is 0.275 e. The van der Waals surface area contributed by atoms with E-state index in [4.69, 9.17) is 20.8 Å². The minimum atomic E-state index is -0.841. The Hall–Kier alpha value is -5.01. The first kappa shape index (κ1) is 26.2. The summed E-state index contributed by atoms with van der Waals surface area (Å²) >= 11 is 6.17. The third kappa shape index (κ3) is 4.70. The monoisotopic (exact) mass is 562 g/mol. The molecule has 0 bridgehead atoms. The van der Waals surface area contributed by atoms with E-state index in [9.17, 15) is 14.4 Å². The van der Waals surface area contributed by atoms with Gasteiger partial charge in [-0.2, -0.15) is 5.10 Å². The van der Waals surface area contributed by atoms with Crippen LogP contribution in [0.2, 0.25) is 5.02 Å². The lowest BCUT2D eigenvalue weighted by Gasteiger charge is -2.26. The van der Waals surface area contributed by atoms with Gasteiger partial charge in [0, 0.05) is 33.2 Å². The summed E-state index contributed by atoms with van der Waals surface area (Å²) in [5, 5.41) is 7.70. The number of carbonyl (C=O) groups excluding carboxylic acids is 1. The average molecular weight is 563 g/mol. The average Bonchev–Trinajstić information content (AvgIpc) is 2.97. The van der Waals surface area contributed by atoms with Crippen molar-refractivity contribution in [3.63, 3.8) is 0 Å². The van der Waals surface area contributed by atoms with Gasteiger partial charge in [-0.15, -0.1) is 0 Å². The zero-order chi connectivity index (χ0) is 28.7. The van der Waals surface area contributed by atoms with Crippen LogP contribution in [0.5, 0.6) is 0 Å². The number of ketones is 1. The molecule has 5 aromatic rings. The summed E-state index contributed by atoms with van der Waals surface area (Å²) in [5.41, 5.74) is 2.94. The van der Waals surface area contributed by atoms with Crippen LogP contribution in [-0.4, -0.2) is 16.0 Å². The Morgan fingerprint density at radius 1 is 0.927 bits per heavy atom. The van der Waals surface area contributed by atoms with Gasteiger partial charge in [0.15, 0.2) is 11.2 Å². The first-order chi connectivity index (χ1) is 19.8. The number of hydrogen-bond acceptors (Lipinski definition) is 6. The first-order valence-corrected chi connectivity index (χ1v) is 13.3.